The molecule has 2 saturated carbocycles. The van der Waals surface area contributed by atoms with Gasteiger partial charge in [-0.1, -0.05) is 19.8 Å². The van der Waals surface area contributed by atoms with Gasteiger partial charge in [0.2, 0.25) is 5.96 Å². The first-order valence-electron chi connectivity index (χ1n) is 14.0. The normalized spacial score (nSPS) is 17.1. The summed E-state index contributed by atoms with van der Waals surface area (Å²) < 4.78 is 53.3. The third-order valence-electron chi connectivity index (χ3n) is 6.20. The van der Waals surface area contributed by atoms with Gasteiger partial charge in [0.25, 0.3) is 0 Å². The number of nitrogens with two attached hydrogens (primary N) is 1. The van der Waals surface area contributed by atoms with E-state index in [-0.39, 0.29) is 57.7 Å². The molecule has 2 N–H and O–H groups in total. The predicted molar refractivity (Wildman–Crippen MR) is 144 cm³/mol. The number of esters is 1. The number of guanidine groups is 1. The lowest BCUT2D eigenvalue weighted by Crippen LogP contribution is -2.38. The smallest absolute Gasteiger partial charge is 0.464 e. The molecule has 2 aliphatic rings. The standard InChI is InChI=1S/C25H44N3O11P/c1-3-14-33-22(29)19-28(2)23(26)27-40(32,36-17-15-34-24(30)38-20-10-6-4-7-11-20)37-18-16-35-25(31)39-21-12-8-5-9-13-21/h20-21H,3-19H2,1-2H3,(H2,26,27,32). The largest absolute Gasteiger partial charge is 0.508 e. The van der Waals surface area contributed by atoms with Gasteiger partial charge in [-0.3, -0.25) is 13.8 Å². The van der Waals surface area contributed by atoms with Crippen molar-refractivity contribution in [1.82, 2.24) is 4.90 Å². The number of carbonyl (C=O) groups is 3. The van der Waals surface area contributed by atoms with Crippen LogP contribution in [0.15, 0.2) is 4.76 Å². The van der Waals surface area contributed by atoms with Crippen molar-refractivity contribution in [3.05, 3.63) is 0 Å². The van der Waals surface area contributed by atoms with Gasteiger partial charge in [0, 0.05) is 7.05 Å². The number of carbonyl (C=O) groups excluding carboxylic acids is 3. The van der Waals surface area contributed by atoms with Crippen molar-refractivity contribution in [3.63, 3.8) is 0 Å². The lowest BCUT2D eigenvalue weighted by Gasteiger charge is -2.22. The Labute approximate surface area is 235 Å². The number of likely N-dealkylation sites (N-methyl/N-ethyl adjacent to an activating group) is 1. The van der Waals surface area contributed by atoms with Crippen LogP contribution >= 0.6 is 7.75 Å². The zero-order chi connectivity index (χ0) is 29.2. The molecule has 230 valence electrons. The molecule has 14 nitrogen and oxygen atoms in total. The van der Waals surface area contributed by atoms with Crippen molar-refractivity contribution in [3.8, 4) is 0 Å². The van der Waals surface area contributed by atoms with E-state index in [0.717, 1.165) is 64.2 Å². The van der Waals surface area contributed by atoms with Crippen LogP contribution in [0.4, 0.5) is 9.59 Å². The van der Waals surface area contributed by atoms with Crippen LogP contribution in [0.2, 0.25) is 0 Å². The highest BCUT2D eigenvalue weighted by molar-refractivity contribution is 7.52. The summed E-state index contributed by atoms with van der Waals surface area (Å²) in [5.41, 5.74) is 5.92. The molecule has 0 spiro atoms. The Kier molecular flexibility index (Phi) is 15.7. The van der Waals surface area contributed by atoms with Gasteiger partial charge in [0.15, 0.2) is 0 Å². The number of rotatable bonds is 15. The molecule has 0 heterocycles. The molecule has 0 bridgehead atoms. The maximum atomic E-state index is 13.3. The second-order valence-corrected chi connectivity index (χ2v) is 11.3. The average Bonchev–Trinajstić information content (AvgIpc) is 2.93. The fourth-order valence-corrected chi connectivity index (χ4v) is 5.30. The first kappa shape index (κ1) is 33.6. The molecule has 0 aromatic rings. The van der Waals surface area contributed by atoms with Crippen LogP contribution in [0.5, 0.6) is 0 Å². The summed E-state index contributed by atoms with van der Waals surface area (Å²) in [4.78, 5) is 37.0. The van der Waals surface area contributed by atoms with Crippen molar-refractivity contribution in [2.45, 2.75) is 89.8 Å². The fourth-order valence-electron chi connectivity index (χ4n) is 4.09. The topological polar surface area (TPSA) is 175 Å². The van der Waals surface area contributed by atoms with Crippen LogP contribution < -0.4 is 5.73 Å². The molecule has 2 fully saturated rings. The molecule has 15 heteroatoms. The van der Waals surface area contributed by atoms with E-state index in [1.807, 2.05) is 6.92 Å². The van der Waals surface area contributed by atoms with E-state index < -0.39 is 26.0 Å². The number of nitrogens with zero attached hydrogens (tertiary/aromatic N) is 2. The van der Waals surface area contributed by atoms with Crippen LogP contribution in [0.1, 0.15) is 77.6 Å². The zero-order valence-corrected chi connectivity index (χ0v) is 24.5. The van der Waals surface area contributed by atoms with Crippen molar-refractivity contribution in [1.29, 1.82) is 0 Å². The van der Waals surface area contributed by atoms with E-state index in [4.69, 9.17) is 38.5 Å². The molecule has 0 aliphatic heterocycles. The van der Waals surface area contributed by atoms with Crippen molar-refractivity contribution >= 4 is 32.0 Å². The fraction of sp³-hybridized carbons (Fsp3) is 0.840. The predicted octanol–water partition coefficient (Wildman–Crippen LogP) is 4.30. The maximum absolute atomic E-state index is 13.3. The summed E-state index contributed by atoms with van der Waals surface area (Å²) >= 11 is 0. The Morgan fingerprint density at radius 1 is 0.775 bits per heavy atom. The van der Waals surface area contributed by atoms with E-state index in [1.54, 1.807) is 0 Å². The van der Waals surface area contributed by atoms with Crippen molar-refractivity contribution in [2.75, 3.05) is 46.6 Å². The minimum absolute atomic E-state index is 0.176. The highest BCUT2D eigenvalue weighted by Gasteiger charge is 2.27. The highest BCUT2D eigenvalue weighted by atomic mass is 31.2. The molecule has 2 rings (SSSR count). The molecular weight excluding hydrogens is 549 g/mol. The molecular formula is C25H44N3O11P. The van der Waals surface area contributed by atoms with Crippen LogP contribution in [0.25, 0.3) is 0 Å². The molecule has 0 aromatic heterocycles. The SMILES string of the molecule is CCCOC(=O)CN(C)/C(N)=N/P(=O)(OCCOC(=O)OC1CCCCC1)OCCOC(=O)OC1CCCCC1. The van der Waals surface area contributed by atoms with Gasteiger partial charge in [-0.2, -0.15) is 0 Å². The molecule has 0 aromatic carbocycles. The second kappa shape index (κ2) is 18.7. The lowest BCUT2D eigenvalue weighted by atomic mass is 9.98. The summed E-state index contributed by atoms with van der Waals surface area (Å²) in [6, 6.07) is 0. The third kappa shape index (κ3) is 14.2. The van der Waals surface area contributed by atoms with E-state index in [9.17, 15) is 18.9 Å². The van der Waals surface area contributed by atoms with Crippen molar-refractivity contribution in [2.24, 2.45) is 10.5 Å². The highest BCUT2D eigenvalue weighted by Crippen LogP contribution is 2.49. The molecule has 0 saturated heterocycles. The Morgan fingerprint density at radius 2 is 1.25 bits per heavy atom. The van der Waals surface area contributed by atoms with Crippen LogP contribution in [0, 0.1) is 0 Å². The monoisotopic (exact) mass is 593 g/mol. The van der Waals surface area contributed by atoms with Gasteiger partial charge in [0.1, 0.15) is 32.0 Å². The average molecular weight is 594 g/mol. The van der Waals surface area contributed by atoms with Gasteiger partial charge in [-0.05, 0) is 57.8 Å². The Hall–Kier alpha value is -2.57. The second-order valence-electron chi connectivity index (χ2n) is 9.62. The summed E-state index contributed by atoms with van der Waals surface area (Å²) in [5, 5.41) is 0. The summed E-state index contributed by atoms with van der Waals surface area (Å²) in [6.07, 6.45) is 7.98. The molecule has 2 aliphatic carbocycles. The van der Waals surface area contributed by atoms with Crippen LogP contribution in [-0.2, 0) is 42.1 Å². The number of hydrogen-bond donors (Lipinski definition) is 1. The van der Waals surface area contributed by atoms with E-state index in [0.29, 0.717) is 6.42 Å². The van der Waals surface area contributed by atoms with Gasteiger partial charge in [-0.25, -0.2) is 14.2 Å². The Morgan fingerprint density at radius 3 is 1.70 bits per heavy atom. The van der Waals surface area contributed by atoms with Gasteiger partial charge < -0.3 is 34.3 Å². The molecule has 0 atom stereocenters. The van der Waals surface area contributed by atoms with Gasteiger partial charge >= 0.3 is 26.0 Å². The minimum atomic E-state index is -4.28. The van der Waals surface area contributed by atoms with Crippen LogP contribution in [0.3, 0.4) is 0 Å². The first-order chi connectivity index (χ1) is 19.2. The Bertz CT molecular complexity index is 817. The minimum Gasteiger partial charge on any atom is -0.464 e. The lowest BCUT2D eigenvalue weighted by molar-refractivity contribution is -0.143. The summed E-state index contributed by atoms with van der Waals surface area (Å²) in [6.45, 7) is 0.607. The van der Waals surface area contributed by atoms with Gasteiger partial charge in [0.05, 0.1) is 19.8 Å². The van der Waals surface area contributed by atoms with E-state index >= 15 is 0 Å². The zero-order valence-electron chi connectivity index (χ0n) is 23.6. The quantitative estimate of drug-likeness (QED) is 0.0711. The molecule has 40 heavy (non-hydrogen) atoms. The van der Waals surface area contributed by atoms with E-state index in [1.165, 1.54) is 11.9 Å². The van der Waals surface area contributed by atoms with Crippen molar-refractivity contribution < 1.29 is 51.7 Å². The number of hydrogen-bond acceptors (Lipinski definition) is 11. The summed E-state index contributed by atoms with van der Waals surface area (Å²) in [5.74, 6) is -0.860. The Balaban J connectivity index is 1.86. The molecule has 0 radical (unpaired) electrons. The summed E-state index contributed by atoms with van der Waals surface area (Å²) in [7, 11) is -2.83. The number of ether oxygens (including phenoxy) is 5. The van der Waals surface area contributed by atoms with Gasteiger partial charge in [-0.15, -0.1) is 4.76 Å². The van der Waals surface area contributed by atoms with E-state index in [2.05, 4.69) is 4.76 Å². The first-order valence-corrected chi connectivity index (χ1v) is 15.5. The maximum Gasteiger partial charge on any atom is 0.508 e. The molecule has 0 unspecified atom stereocenters. The third-order valence-corrected chi connectivity index (χ3v) is 7.66. The van der Waals surface area contributed by atoms with Crippen LogP contribution in [-0.4, -0.2) is 88.0 Å². The molecule has 0 amide bonds.